The van der Waals surface area contributed by atoms with Gasteiger partial charge in [0.2, 0.25) is 0 Å². The fourth-order valence-electron chi connectivity index (χ4n) is 7.92. The van der Waals surface area contributed by atoms with Crippen molar-refractivity contribution >= 4 is 32.7 Å². The molecule has 0 amide bonds. The number of rotatable bonds is 5. The lowest BCUT2D eigenvalue weighted by atomic mass is 9.95. The fourth-order valence-corrected chi connectivity index (χ4v) is 7.92. The van der Waals surface area contributed by atoms with E-state index in [2.05, 4.69) is 100 Å². The molecule has 0 spiro atoms. The molecule has 0 aliphatic heterocycles. The van der Waals surface area contributed by atoms with Crippen molar-refractivity contribution in [3.8, 4) is 45.5 Å². The van der Waals surface area contributed by atoms with E-state index in [1.165, 1.54) is 62.5 Å². The fraction of sp³-hybridized carbons (Fsp3) is 0.0889. The lowest BCUT2D eigenvalue weighted by molar-refractivity contribution is 0.667. The van der Waals surface area contributed by atoms with Crippen LogP contribution < -0.4 is 0 Å². The predicted octanol–water partition coefficient (Wildman–Crippen LogP) is 10.8. The molecule has 0 N–H and O–H groups in total. The van der Waals surface area contributed by atoms with Crippen LogP contribution in [0.3, 0.4) is 0 Å². The first kappa shape index (κ1) is 28.7. The SMILES string of the molecule is c1ccc(-c2nc(-c3ccccc3)nc(-c3ccc(-n4c5c(c6ccc7c(c8ccccc8n7-c7ccccc7)c64)CCCC5)cc3)n2)cc1. The van der Waals surface area contributed by atoms with Crippen LogP contribution in [0, 0.1) is 0 Å². The Morgan fingerprint density at radius 1 is 0.400 bits per heavy atom. The van der Waals surface area contributed by atoms with Gasteiger partial charge in [-0.2, -0.15) is 0 Å². The second-order valence-electron chi connectivity index (χ2n) is 13.1. The van der Waals surface area contributed by atoms with Gasteiger partial charge in [-0.3, -0.25) is 0 Å². The molecule has 3 heterocycles. The molecule has 0 radical (unpaired) electrons. The number of hydrogen-bond donors (Lipinski definition) is 0. The van der Waals surface area contributed by atoms with Gasteiger partial charge in [0.15, 0.2) is 17.5 Å². The molecule has 0 bridgehead atoms. The van der Waals surface area contributed by atoms with Gasteiger partial charge in [-0.1, -0.05) is 103 Å². The summed E-state index contributed by atoms with van der Waals surface area (Å²) in [6.45, 7) is 0. The van der Waals surface area contributed by atoms with Crippen molar-refractivity contribution in [1.82, 2.24) is 24.1 Å². The molecule has 6 aromatic carbocycles. The highest BCUT2D eigenvalue weighted by molar-refractivity contribution is 6.21. The minimum absolute atomic E-state index is 0.664. The molecule has 10 rings (SSSR count). The van der Waals surface area contributed by atoms with E-state index >= 15 is 0 Å². The lowest BCUT2D eigenvalue weighted by Crippen LogP contribution is -2.07. The van der Waals surface area contributed by atoms with Crippen molar-refractivity contribution < 1.29 is 0 Å². The number of benzene rings is 6. The quantitative estimate of drug-likeness (QED) is 0.187. The second-order valence-corrected chi connectivity index (χ2v) is 13.1. The van der Waals surface area contributed by atoms with E-state index in [0.29, 0.717) is 17.5 Å². The average molecular weight is 644 g/mol. The minimum Gasteiger partial charge on any atom is -0.313 e. The number of fused-ring (bicyclic) bond motifs is 7. The third-order valence-corrected chi connectivity index (χ3v) is 10.2. The Morgan fingerprint density at radius 3 is 1.60 bits per heavy atom. The van der Waals surface area contributed by atoms with Gasteiger partial charge < -0.3 is 9.13 Å². The van der Waals surface area contributed by atoms with Crippen LogP contribution in [-0.2, 0) is 12.8 Å². The summed E-state index contributed by atoms with van der Waals surface area (Å²) in [5.41, 5.74) is 11.9. The maximum absolute atomic E-state index is 4.99. The molecule has 5 nitrogen and oxygen atoms in total. The third kappa shape index (κ3) is 4.58. The molecule has 0 unspecified atom stereocenters. The Morgan fingerprint density at radius 2 is 0.940 bits per heavy atom. The summed E-state index contributed by atoms with van der Waals surface area (Å²) in [7, 11) is 0. The number of hydrogen-bond acceptors (Lipinski definition) is 3. The first-order chi connectivity index (χ1) is 24.8. The molecule has 1 aliphatic rings. The summed E-state index contributed by atoms with van der Waals surface area (Å²) in [6, 6.07) is 53.4. The van der Waals surface area contributed by atoms with E-state index in [-0.39, 0.29) is 0 Å². The van der Waals surface area contributed by atoms with Crippen molar-refractivity contribution in [3.63, 3.8) is 0 Å². The zero-order valence-electron chi connectivity index (χ0n) is 27.5. The average Bonchev–Trinajstić information content (AvgIpc) is 3.72. The van der Waals surface area contributed by atoms with E-state index in [1.807, 2.05) is 60.7 Å². The molecular formula is C45H33N5. The van der Waals surface area contributed by atoms with E-state index in [0.717, 1.165) is 35.2 Å². The minimum atomic E-state index is 0.664. The third-order valence-electron chi connectivity index (χ3n) is 10.2. The first-order valence-electron chi connectivity index (χ1n) is 17.4. The Bertz CT molecular complexity index is 2610. The number of aromatic nitrogens is 5. The maximum Gasteiger partial charge on any atom is 0.164 e. The Kier molecular flexibility index (Phi) is 6.69. The lowest BCUT2D eigenvalue weighted by Gasteiger charge is -2.17. The first-order valence-corrected chi connectivity index (χ1v) is 17.4. The van der Waals surface area contributed by atoms with Gasteiger partial charge >= 0.3 is 0 Å². The summed E-state index contributed by atoms with van der Waals surface area (Å²) < 4.78 is 4.97. The van der Waals surface area contributed by atoms with E-state index < -0.39 is 0 Å². The van der Waals surface area contributed by atoms with Gasteiger partial charge in [0.1, 0.15) is 0 Å². The normalized spacial score (nSPS) is 12.9. The zero-order chi connectivity index (χ0) is 33.0. The number of para-hydroxylation sites is 2. The van der Waals surface area contributed by atoms with E-state index in [4.69, 9.17) is 15.0 Å². The van der Waals surface area contributed by atoms with Crippen LogP contribution >= 0.6 is 0 Å². The van der Waals surface area contributed by atoms with Crippen LogP contribution in [0.2, 0.25) is 0 Å². The molecule has 5 heteroatoms. The summed E-state index contributed by atoms with van der Waals surface area (Å²) in [5, 5.41) is 3.94. The Labute approximate surface area is 290 Å². The Balaban J connectivity index is 1.18. The summed E-state index contributed by atoms with van der Waals surface area (Å²) in [5.74, 6) is 2.00. The highest BCUT2D eigenvalue weighted by atomic mass is 15.0. The van der Waals surface area contributed by atoms with Gasteiger partial charge in [0.25, 0.3) is 0 Å². The number of aryl methyl sites for hydroxylation is 1. The van der Waals surface area contributed by atoms with Crippen molar-refractivity contribution in [3.05, 3.63) is 163 Å². The monoisotopic (exact) mass is 643 g/mol. The van der Waals surface area contributed by atoms with Crippen LogP contribution in [0.1, 0.15) is 24.1 Å². The molecule has 9 aromatic rings. The summed E-state index contributed by atoms with van der Waals surface area (Å²) >= 11 is 0. The highest BCUT2D eigenvalue weighted by Gasteiger charge is 2.25. The molecule has 238 valence electrons. The van der Waals surface area contributed by atoms with Gasteiger partial charge in [0, 0.05) is 49.9 Å². The number of nitrogens with zero attached hydrogens (tertiary/aromatic N) is 5. The van der Waals surface area contributed by atoms with Gasteiger partial charge in [-0.25, -0.2) is 15.0 Å². The van der Waals surface area contributed by atoms with Crippen molar-refractivity contribution in [2.75, 3.05) is 0 Å². The zero-order valence-corrected chi connectivity index (χ0v) is 27.5. The van der Waals surface area contributed by atoms with E-state index in [1.54, 1.807) is 0 Å². The predicted molar refractivity (Wildman–Crippen MR) is 204 cm³/mol. The van der Waals surface area contributed by atoms with Gasteiger partial charge in [0.05, 0.1) is 16.6 Å². The smallest absolute Gasteiger partial charge is 0.164 e. The summed E-state index contributed by atoms with van der Waals surface area (Å²) in [6.07, 6.45) is 4.60. The highest BCUT2D eigenvalue weighted by Crippen LogP contribution is 2.43. The molecule has 50 heavy (non-hydrogen) atoms. The second kappa shape index (κ2) is 11.7. The van der Waals surface area contributed by atoms with Crippen LogP contribution in [0.5, 0.6) is 0 Å². The molecule has 1 aliphatic carbocycles. The summed E-state index contributed by atoms with van der Waals surface area (Å²) in [4.78, 5) is 14.9. The van der Waals surface area contributed by atoms with E-state index in [9.17, 15) is 0 Å². The molecule has 3 aromatic heterocycles. The molecule has 0 fully saturated rings. The van der Waals surface area contributed by atoms with Gasteiger partial charge in [-0.05, 0) is 79.8 Å². The van der Waals surface area contributed by atoms with Crippen molar-refractivity contribution in [2.45, 2.75) is 25.7 Å². The molecule has 0 saturated carbocycles. The van der Waals surface area contributed by atoms with Gasteiger partial charge in [-0.15, -0.1) is 0 Å². The van der Waals surface area contributed by atoms with Crippen molar-refractivity contribution in [2.24, 2.45) is 0 Å². The van der Waals surface area contributed by atoms with Crippen LogP contribution in [0.15, 0.2) is 152 Å². The van der Waals surface area contributed by atoms with Crippen LogP contribution in [0.4, 0.5) is 0 Å². The maximum atomic E-state index is 4.99. The van der Waals surface area contributed by atoms with Crippen LogP contribution in [0.25, 0.3) is 78.2 Å². The Hall–Kier alpha value is -6.33. The molecule has 0 atom stereocenters. The molecular weight excluding hydrogens is 611 g/mol. The largest absolute Gasteiger partial charge is 0.313 e. The van der Waals surface area contributed by atoms with Crippen LogP contribution in [-0.4, -0.2) is 24.1 Å². The standard InChI is InChI=1S/C45H33N5/c1-4-14-30(15-5-1)43-46-44(31-16-6-2-7-17-31)48-45(47-43)32-24-26-34(27-25-32)50-38-22-12-10-20-35(38)36-28-29-40-41(42(36)50)37-21-11-13-23-39(37)49(40)33-18-8-3-9-19-33/h1-9,11,13-19,21,23-29H,10,12,20,22H2. The topological polar surface area (TPSA) is 48.5 Å². The molecule has 0 saturated heterocycles. The van der Waals surface area contributed by atoms with Crippen molar-refractivity contribution in [1.29, 1.82) is 0 Å².